The molecule has 2 aliphatic heterocycles. The monoisotopic (exact) mass is 259 g/mol. The fourth-order valence-electron chi connectivity index (χ4n) is 1.94. The molecule has 0 aromatic rings. The molecule has 2 heterocycles. The smallest absolute Gasteiger partial charge is 0.239 e. The van der Waals surface area contributed by atoms with E-state index in [4.69, 9.17) is 0 Å². The molecule has 2 aliphatic rings. The molecule has 96 valence electrons. The van der Waals surface area contributed by atoms with E-state index in [2.05, 4.69) is 10.6 Å². The minimum atomic E-state index is -0.390. The van der Waals surface area contributed by atoms with Crippen LogP contribution in [0.25, 0.3) is 0 Å². The molecule has 0 aliphatic carbocycles. The van der Waals surface area contributed by atoms with E-state index in [1.807, 2.05) is 0 Å². The number of carbonyl (C=O) groups excluding carboxylic acids is 2. The molecular weight excluding hydrogens is 242 g/mol. The van der Waals surface area contributed by atoms with Crippen LogP contribution in [0.5, 0.6) is 0 Å². The average molecular weight is 259 g/mol. The molecule has 7 heteroatoms. The highest BCUT2D eigenvalue weighted by atomic mass is 32.2. The highest BCUT2D eigenvalue weighted by molar-refractivity contribution is 8.00. The van der Waals surface area contributed by atoms with Crippen LogP contribution in [0, 0.1) is 5.92 Å². The predicted octanol–water partition coefficient (Wildman–Crippen LogP) is -1.78. The Balaban J connectivity index is 1.68. The van der Waals surface area contributed by atoms with Crippen LogP contribution in [0.15, 0.2) is 0 Å². The Morgan fingerprint density at radius 2 is 2.41 bits per heavy atom. The van der Waals surface area contributed by atoms with Crippen LogP contribution in [-0.2, 0) is 9.59 Å². The summed E-state index contributed by atoms with van der Waals surface area (Å²) in [7, 11) is 0. The van der Waals surface area contributed by atoms with E-state index in [0.29, 0.717) is 24.7 Å². The molecule has 2 amide bonds. The van der Waals surface area contributed by atoms with Crippen molar-refractivity contribution in [1.29, 1.82) is 0 Å². The Labute approximate surface area is 104 Å². The summed E-state index contributed by atoms with van der Waals surface area (Å²) in [6, 6.07) is 0. The summed E-state index contributed by atoms with van der Waals surface area (Å²) in [5, 5.41) is 15.4. The number of aliphatic hydroxyl groups excluding tert-OH is 1. The van der Waals surface area contributed by atoms with Crippen molar-refractivity contribution in [2.24, 2.45) is 5.92 Å². The lowest BCUT2D eigenvalue weighted by atomic mass is 10.1. The second-order valence-electron chi connectivity index (χ2n) is 4.36. The average Bonchev–Trinajstić information content (AvgIpc) is 2.86. The van der Waals surface area contributed by atoms with Gasteiger partial charge in [-0.05, 0) is 0 Å². The number of β-amino-alcohol motifs (C(OH)–C–C–N with tert-alkyl or cyclic N) is 1. The van der Waals surface area contributed by atoms with Gasteiger partial charge < -0.3 is 20.6 Å². The van der Waals surface area contributed by atoms with Gasteiger partial charge in [0.05, 0.1) is 17.7 Å². The van der Waals surface area contributed by atoms with Crippen molar-refractivity contribution >= 4 is 23.6 Å². The molecule has 2 unspecified atom stereocenters. The van der Waals surface area contributed by atoms with Crippen molar-refractivity contribution in [3.8, 4) is 0 Å². The van der Waals surface area contributed by atoms with Crippen molar-refractivity contribution < 1.29 is 14.7 Å². The molecule has 0 bridgehead atoms. The molecule has 2 atom stereocenters. The van der Waals surface area contributed by atoms with Crippen LogP contribution in [0.3, 0.4) is 0 Å². The van der Waals surface area contributed by atoms with E-state index in [9.17, 15) is 14.7 Å². The van der Waals surface area contributed by atoms with Gasteiger partial charge in [-0.3, -0.25) is 9.59 Å². The first-order valence-electron chi connectivity index (χ1n) is 5.68. The Bertz CT molecular complexity index is 313. The van der Waals surface area contributed by atoms with Gasteiger partial charge in [-0.25, -0.2) is 0 Å². The van der Waals surface area contributed by atoms with E-state index >= 15 is 0 Å². The standard InChI is InChI=1S/C10H17N3O3S/c14-8-3-11-1-7(8)2-12-9(15)4-13-6-17-5-10(13)16/h7-8,11,14H,1-6H2,(H,12,15). The molecule has 2 fully saturated rings. The molecule has 0 spiro atoms. The largest absolute Gasteiger partial charge is 0.391 e. The van der Waals surface area contributed by atoms with Crippen molar-refractivity contribution in [3.05, 3.63) is 0 Å². The van der Waals surface area contributed by atoms with Gasteiger partial charge in [0.25, 0.3) is 0 Å². The number of rotatable bonds is 4. The minimum absolute atomic E-state index is 0.0210. The van der Waals surface area contributed by atoms with E-state index < -0.39 is 0 Å². The molecular formula is C10H17N3O3S. The summed E-state index contributed by atoms with van der Waals surface area (Å²) in [4.78, 5) is 24.4. The number of hydrogen-bond donors (Lipinski definition) is 3. The Hall–Kier alpha value is -0.790. The molecule has 0 saturated carbocycles. The van der Waals surface area contributed by atoms with Crippen molar-refractivity contribution in [1.82, 2.24) is 15.5 Å². The third-order valence-electron chi connectivity index (χ3n) is 3.03. The number of carbonyl (C=O) groups is 2. The van der Waals surface area contributed by atoms with Crippen molar-refractivity contribution in [2.45, 2.75) is 6.10 Å². The van der Waals surface area contributed by atoms with Gasteiger partial charge in [0, 0.05) is 25.6 Å². The summed E-state index contributed by atoms with van der Waals surface area (Å²) in [5.41, 5.74) is 0. The van der Waals surface area contributed by atoms with E-state index in [1.54, 1.807) is 4.90 Å². The lowest BCUT2D eigenvalue weighted by Crippen LogP contribution is -2.41. The first-order chi connectivity index (χ1) is 8.16. The second kappa shape index (κ2) is 5.70. The number of amides is 2. The van der Waals surface area contributed by atoms with Gasteiger partial charge in [-0.1, -0.05) is 0 Å². The summed E-state index contributed by atoms with van der Waals surface area (Å²) in [6.07, 6.45) is -0.390. The molecule has 0 aromatic heterocycles. The highest BCUT2D eigenvalue weighted by Gasteiger charge is 2.26. The third-order valence-corrected chi connectivity index (χ3v) is 3.97. The molecule has 6 nitrogen and oxygen atoms in total. The first-order valence-corrected chi connectivity index (χ1v) is 6.83. The minimum Gasteiger partial charge on any atom is -0.391 e. The van der Waals surface area contributed by atoms with Gasteiger partial charge in [-0.2, -0.15) is 0 Å². The van der Waals surface area contributed by atoms with Crippen LogP contribution >= 0.6 is 11.8 Å². The zero-order chi connectivity index (χ0) is 12.3. The van der Waals surface area contributed by atoms with Crippen LogP contribution < -0.4 is 10.6 Å². The number of nitrogens with zero attached hydrogens (tertiary/aromatic N) is 1. The molecule has 2 rings (SSSR count). The number of nitrogens with one attached hydrogen (secondary N) is 2. The van der Waals surface area contributed by atoms with Gasteiger partial charge in [0.2, 0.25) is 11.8 Å². The molecule has 0 radical (unpaired) electrons. The molecule has 2 saturated heterocycles. The zero-order valence-electron chi connectivity index (χ0n) is 9.52. The van der Waals surface area contributed by atoms with E-state index in [1.165, 1.54) is 11.8 Å². The highest BCUT2D eigenvalue weighted by Crippen LogP contribution is 2.14. The third kappa shape index (κ3) is 3.34. The Kier molecular flexibility index (Phi) is 4.25. The van der Waals surface area contributed by atoms with Crippen LogP contribution in [0.1, 0.15) is 0 Å². The molecule has 3 N–H and O–H groups in total. The zero-order valence-corrected chi connectivity index (χ0v) is 10.3. The quantitative estimate of drug-likeness (QED) is 0.556. The van der Waals surface area contributed by atoms with Crippen LogP contribution in [0.4, 0.5) is 0 Å². The van der Waals surface area contributed by atoms with Gasteiger partial charge in [-0.15, -0.1) is 11.8 Å². The van der Waals surface area contributed by atoms with Crippen LogP contribution in [0.2, 0.25) is 0 Å². The number of thioether (sulfide) groups is 1. The van der Waals surface area contributed by atoms with Crippen molar-refractivity contribution in [2.75, 3.05) is 37.8 Å². The maximum Gasteiger partial charge on any atom is 0.239 e. The summed E-state index contributed by atoms with van der Waals surface area (Å²) in [6.45, 7) is 1.89. The normalized spacial score (nSPS) is 28.8. The second-order valence-corrected chi connectivity index (χ2v) is 5.31. The van der Waals surface area contributed by atoms with E-state index in [-0.39, 0.29) is 30.4 Å². The lowest BCUT2D eigenvalue weighted by molar-refractivity contribution is -0.132. The SMILES string of the molecule is O=C(CN1CSCC1=O)NCC1CNCC1O. The maximum absolute atomic E-state index is 11.6. The van der Waals surface area contributed by atoms with Gasteiger partial charge in [0.15, 0.2) is 0 Å². The summed E-state index contributed by atoms with van der Waals surface area (Å²) >= 11 is 1.52. The van der Waals surface area contributed by atoms with Crippen molar-refractivity contribution in [3.63, 3.8) is 0 Å². The topological polar surface area (TPSA) is 81.7 Å². The number of hydrogen-bond acceptors (Lipinski definition) is 5. The fourth-order valence-corrected chi connectivity index (χ4v) is 2.85. The van der Waals surface area contributed by atoms with Crippen LogP contribution in [-0.4, -0.2) is 65.7 Å². The maximum atomic E-state index is 11.6. The summed E-state index contributed by atoms with van der Waals surface area (Å²) < 4.78 is 0. The van der Waals surface area contributed by atoms with Gasteiger partial charge >= 0.3 is 0 Å². The first kappa shape index (κ1) is 12.7. The lowest BCUT2D eigenvalue weighted by Gasteiger charge is -2.17. The molecule has 0 aromatic carbocycles. The Morgan fingerprint density at radius 1 is 1.59 bits per heavy atom. The summed E-state index contributed by atoms with van der Waals surface area (Å²) in [5.74, 6) is 1.01. The van der Waals surface area contributed by atoms with E-state index in [0.717, 1.165) is 6.54 Å². The predicted molar refractivity (Wildman–Crippen MR) is 64.4 cm³/mol. The molecule has 17 heavy (non-hydrogen) atoms. The van der Waals surface area contributed by atoms with Gasteiger partial charge in [0.1, 0.15) is 6.54 Å². The Morgan fingerprint density at radius 3 is 3.00 bits per heavy atom. The fraction of sp³-hybridized carbons (Fsp3) is 0.800. The number of aliphatic hydroxyl groups is 1.